The van der Waals surface area contributed by atoms with E-state index in [1.54, 1.807) is 18.2 Å². The first-order chi connectivity index (χ1) is 11.2. The summed E-state index contributed by atoms with van der Waals surface area (Å²) in [5, 5.41) is 8.84. The summed E-state index contributed by atoms with van der Waals surface area (Å²) >= 11 is 0. The van der Waals surface area contributed by atoms with E-state index in [1.807, 2.05) is 0 Å². The lowest BCUT2D eigenvalue weighted by atomic mass is 10.2. The zero-order valence-electron chi connectivity index (χ0n) is 12.7. The van der Waals surface area contributed by atoms with E-state index in [-0.39, 0.29) is 11.7 Å². The molecule has 1 aromatic carbocycles. The van der Waals surface area contributed by atoms with Crippen molar-refractivity contribution in [1.82, 2.24) is 0 Å². The molecule has 0 aliphatic carbocycles. The number of aromatic carboxylic acids is 1. The van der Waals surface area contributed by atoms with Gasteiger partial charge in [0, 0.05) is 0 Å². The van der Waals surface area contributed by atoms with Gasteiger partial charge in [0.15, 0.2) is 0 Å². The Morgan fingerprint density at radius 2 is 1.52 bits per heavy atom. The molecule has 3 aliphatic rings. The molecular formula is C16H20O7. The van der Waals surface area contributed by atoms with E-state index in [4.69, 9.17) is 28.8 Å². The van der Waals surface area contributed by atoms with Gasteiger partial charge in [-0.15, -0.1) is 0 Å². The van der Waals surface area contributed by atoms with Crippen molar-refractivity contribution >= 4 is 5.97 Å². The summed E-state index contributed by atoms with van der Waals surface area (Å²) in [6.45, 7) is 4.39. The molecule has 7 nitrogen and oxygen atoms in total. The van der Waals surface area contributed by atoms with Gasteiger partial charge in [-0.25, -0.2) is 4.79 Å². The lowest BCUT2D eigenvalue weighted by Gasteiger charge is -2.06. The van der Waals surface area contributed by atoms with E-state index >= 15 is 0 Å². The van der Waals surface area contributed by atoms with Gasteiger partial charge < -0.3 is 28.8 Å². The molecule has 3 saturated heterocycles. The van der Waals surface area contributed by atoms with Crippen LogP contribution in [0.15, 0.2) is 24.3 Å². The topological polar surface area (TPSA) is 93.4 Å². The molecule has 3 heterocycles. The van der Waals surface area contributed by atoms with Crippen molar-refractivity contribution in [2.24, 2.45) is 0 Å². The van der Waals surface area contributed by atoms with Crippen LogP contribution in [0.4, 0.5) is 0 Å². The number of carboxylic acid groups (broad SMARTS) is 1. The molecule has 23 heavy (non-hydrogen) atoms. The highest BCUT2D eigenvalue weighted by atomic mass is 16.6. The molecule has 3 aliphatic heterocycles. The van der Waals surface area contributed by atoms with Gasteiger partial charge in [-0.2, -0.15) is 0 Å². The fourth-order valence-electron chi connectivity index (χ4n) is 1.78. The second-order valence-corrected chi connectivity index (χ2v) is 5.52. The molecule has 3 fully saturated rings. The van der Waals surface area contributed by atoms with E-state index in [0.29, 0.717) is 31.2 Å². The van der Waals surface area contributed by atoms with Gasteiger partial charge in [0.25, 0.3) is 0 Å². The van der Waals surface area contributed by atoms with Crippen molar-refractivity contribution in [1.29, 1.82) is 0 Å². The Balaban J connectivity index is 0.000000149. The Morgan fingerprint density at radius 1 is 1.00 bits per heavy atom. The van der Waals surface area contributed by atoms with Gasteiger partial charge in [-0.1, -0.05) is 12.1 Å². The Kier molecular flexibility index (Phi) is 5.45. The normalized spacial score (nSPS) is 26.7. The number of epoxide rings is 3. The van der Waals surface area contributed by atoms with E-state index in [9.17, 15) is 4.79 Å². The summed E-state index contributed by atoms with van der Waals surface area (Å²) in [6.07, 6.45) is 0.921. The second kappa shape index (κ2) is 7.74. The minimum absolute atomic E-state index is 0.136. The van der Waals surface area contributed by atoms with Crippen molar-refractivity contribution in [3.8, 4) is 5.75 Å². The molecule has 0 spiro atoms. The largest absolute Gasteiger partial charge is 0.490 e. The molecule has 1 aromatic rings. The number of para-hydroxylation sites is 1. The molecule has 0 radical (unpaired) electrons. The summed E-state index contributed by atoms with van der Waals surface area (Å²) in [4.78, 5) is 10.8. The van der Waals surface area contributed by atoms with Crippen molar-refractivity contribution in [2.75, 3.05) is 39.6 Å². The molecule has 3 unspecified atom stereocenters. The maximum absolute atomic E-state index is 10.8. The fraction of sp³-hybridized carbons (Fsp3) is 0.562. The first-order valence-corrected chi connectivity index (χ1v) is 7.60. The lowest BCUT2D eigenvalue weighted by Crippen LogP contribution is -2.08. The van der Waals surface area contributed by atoms with E-state index in [2.05, 4.69) is 0 Å². The van der Waals surface area contributed by atoms with Crippen LogP contribution in [-0.2, 0) is 18.9 Å². The summed E-state index contributed by atoms with van der Waals surface area (Å²) in [7, 11) is 0. The summed E-state index contributed by atoms with van der Waals surface area (Å²) in [5.41, 5.74) is 0.188. The molecule has 4 rings (SSSR count). The summed E-state index contributed by atoms with van der Waals surface area (Å²) in [6, 6.07) is 6.58. The van der Waals surface area contributed by atoms with Gasteiger partial charge in [0.1, 0.15) is 36.2 Å². The van der Waals surface area contributed by atoms with Crippen molar-refractivity contribution in [3.05, 3.63) is 29.8 Å². The van der Waals surface area contributed by atoms with Gasteiger partial charge in [-0.05, 0) is 12.1 Å². The smallest absolute Gasteiger partial charge is 0.339 e. The molecule has 0 aromatic heterocycles. The van der Waals surface area contributed by atoms with Crippen molar-refractivity contribution in [2.45, 2.75) is 18.3 Å². The predicted octanol–water partition coefficient (Wildman–Crippen LogP) is 0.963. The molecule has 0 amide bonds. The van der Waals surface area contributed by atoms with Gasteiger partial charge in [0.05, 0.1) is 33.0 Å². The second-order valence-electron chi connectivity index (χ2n) is 5.52. The first-order valence-electron chi connectivity index (χ1n) is 7.60. The van der Waals surface area contributed by atoms with Crippen LogP contribution in [0.3, 0.4) is 0 Å². The van der Waals surface area contributed by atoms with E-state index in [1.165, 1.54) is 6.07 Å². The average Bonchev–Trinajstić information content (AvgIpc) is 3.36. The van der Waals surface area contributed by atoms with Crippen LogP contribution in [0.1, 0.15) is 10.4 Å². The molecule has 126 valence electrons. The molecule has 7 heteroatoms. The summed E-state index contributed by atoms with van der Waals surface area (Å²) in [5.74, 6) is -0.576. The van der Waals surface area contributed by atoms with Crippen molar-refractivity contribution in [3.63, 3.8) is 0 Å². The SMILES string of the molecule is C(OCC1CO1)C1CO1.O=C(O)c1ccccc1OCC1CO1. The van der Waals surface area contributed by atoms with E-state index < -0.39 is 5.97 Å². The highest BCUT2D eigenvalue weighted by Crippen LogP contribution is 2.19. The van der Waals surface area contributed by atoms with Crippen molar-refractivity contribution < 1.29 is 33.6 Å². The third-order valence-electron chi connectivity index (χ3n) is 3.36. The number of carboxylic acids is 1. The number of carbonyl (C=O) groups is 1. The van der Waals surface area contributed by atoms with Gasteiger partial charge >= 0.3 is 5.97 Å². The standard InChI is InChI=1S/C10H10O4.C6H10O3/c11-10(12)8-3-1-2-4-9(8)14-6-7-5-13-7;1(5-3-8-5)7-2-6-4-9-6/h1-4,7H,5-6H2,(H,11,12);5-6H,1-4H2. The van der Waals surface area contributed by atoms with Crippen LogP contribution in [0.5, 0.6) is 5.75 Å². The number of ether oxygens (including phenoxy) is 5. The molecular weight excluding hydrogens is 304 g/mol. The van der Waals surface area contributed by atoms with Crippen LogP contribution in [0.2, 0.25) is 0 Å². The molecule has 0 bridgehead atoms. The minimum Gasteiger partial charge on any atom is -0.490 e. The Hall–Kier alpha value is -1.67. The maximum atomic E-state index is 10.8. The van der Waals surface area contributed by atoms with Crippen LogP contribution >= 0.6 is 0 Å². The molecule has 3 atom stereocenters. The van der Waals surface area contributed by atoms with Gasteiger partial charge in [-0.3, -0.25) is 0 Å². The third kappa shape index (κ3) is 6.15. The zero-order valence-corrected chi connectivity index (χ0v) is 12.7. The fourth-order valence-corrected chi connectivity index (χ4v) is 1.78. The number of hydrogen-bond donors (Lipinski definition) is 1. The molecule has 1 N–H and O–H groups in total. The lowest BCUT2D eigenvalue weighted by molar-refractivity contribution is 0.0691. The average molecular weight is 324 g/mol. The van der Waals surface area contributed by atoms with Crippen LogP contribution < -0.4 is 4.74 Å². The summed E-state index contributed by atoms with van der Waals surface area (Å²) < 4.78 is 25.4. The Morgan fingerprint density at radius 3 is 2.04 bits per heavy atom. The van der Waals surface area contributed by atoms with Crippen LogP contribution in [-0.4, -0.2) is 69.0 Å². The number of hydrogen-bond acceptors (Lipinski definition) is 6. The quantitative estimate of drug-likeness (QED) is 0.712. The first kappa shape index (κ1) is 16.2. The number of benzene rings is 1. The predicted molar refractivity (Wildman–Crippen MR) is 78.9 cm³/mol. The maximum Gasteiger partial charge on any atom is 0.339 e. The zero-order chi connectivity index (χ0) is 16.1. The minimum atomic E-state index is -0.975. The highest BCUT2D eigenvalue weighted by molar-refractivity contribution is 5.90. The highest BCUT2D eigenvalue weighted by Gasteiger charge is 2.26. The van der Waals surface area contributed by atoms with E-state index in [0.717, 1.165) is 26.4 Å². The third-order valence-corrected chi connectivity index (χ3v) is 3.36. The Labute approximate surface area is 134 Å². The van der Waals surface area contributed by atoms with Crippen LogP contribution in [0, 0.1) is 0 Å². The number of rotatable bonds is 8. The van der Waals surface area contributed by atoms with Gasteiger partial charge in [0.2, 0.25) is 0 Å². The molecule has 0 saturated carbocycles. The monoisotopic (exact) mass is 324 g/mol. The Bertz CT molecular complexity index is 509. The van der Waals surface area contributed by atoms with Crippen LogP contribution in [0.25, 0.3) is 0 Å².